The highest BCUT2D eigenvalue weighted by molar-refractivity contribution is 7.09. The van der Waals surface area contributed by atoms with Crippen LogP contribution in [0.25, 0.3) is 0 Å². The summed E-state index contributed by atoms with van der Waals surface area (Å²) in [5.74, 6) is 0.603. The minimum Gasteiger partial charge on any atom is -0.466 e. The summed E-state index contributed by atoms with van der Waals surface area (Å²) in [5, 5.41) is 16.3. The van der Waals surface area contributed by atoms with E-state index in [4.69, 9.17) is 9.73 Å². The van der Waals surface area contributed by atoms with Gasteiger partial charge in [-0.3, -0.25) is 14.9 Å². The number of benzene rings is 1. The number of piperidine rings is 1. The van der Waals surface area contributed by atoms with E-state index >= 15 is 0 Å². The van der Waals surface area contributed by atoms with Gasteiger partial charge in [-0.1, -0.05) is 18.2 Å². The molecule has 9 heteroatoms. The standard InChI is InChI=1S/C21H26N4O4S/c1-2-29-20(26)17-9-11-24(12-10-17)21(23-15-19-4-3-13-30-19)22-14-16-5-7-18(8-6-16)25(27)28/h3-8,13,17H,2,9-12,14-15H2,1H3,(H,22,23). The van der Waals surface area contributed by atoms with Crippen molar-refractivity contribution in [2.24, 2.45) is 10.9 Å². The summed E-state index contributed by atoms with van der Waals surface area (Å²) in [7, 11) is 0. The molecule has 0 bridgehead atoms. The number of ether oxygens (including phenoxy) is 1. The summed E-state index contributed by atoms with van der Waals surface area (Å²) < 4.78 is 5.16. The molecule has 3 rings (SSSR count). The van der Waals surface area contributed by atoms with Gasteiger partial charge in [-0.25, -0.2) is 4.99 Å². The van der Waals surface area contributed by atoms with Crippen molar-refractivity contribution in [3.05, 3.63) is 62.3 Å². The Morgan fingerprint density at radius 1 is 1.30 bits per heavy atom. The Hall–Kier alpha value is -2.94. The summed E-state index contributed by atoms with van der Waals surface area (Å²) in [6.45, 7) is 4.77. The molecule has 1 aromatic carbocycles. The Labute approximate surface area is 179 Å². The molecular weight excluding hydrogens is 404 g/mol. The highest BCUT2D eigenvalue weighted by Gasteiger charge is 2.27. The fraction of sp³-hybridized carbons (Fsp3) is 0.429. The maximum atomic E-state index is 12.0. The van der Waals surface area contributed by atoms with Crippen LogP contribution in [0.15, 0.2) is 46.8 Å². The van der Waals surface area contributed by atoms with Gasteiger partial charge in [0.25, 0.3) is 5.69 Å². The highest BCUT2D eigenvalue weighted by atomic mass is 32.1. The van der Waals surface area contributed by atoms with E-state index in [1.54, 1.807) is 23.5 Å². The van der Waals surface area contributed by atoms with E-state index < -0.39 is 4.92 Å². The summed E-state index contributed by atoms with van der Waals surface area (Å²) in [6.07, 6.45) is 1.46. The number of thiophene rings is 1. The lowest BCUT2D eigenvalue weighted by Crippen LogP contribution is -2.46. The summed E-state index contributed by atoms with van der Waals surface area (Å²) in [5.41, 5.74) is 0.970. The van der Waals surface area contributed by atoms with Crippen LogP contribution < -0.4 is 5.32 Å². The number of carbonyl (C=O) groups is 1. The summed E-state index contributed by atoms with van der Waals surface area (Å²) in [4.78, 5) is 30.5. The molecule has 1 fully saturated rings. The number of carbonyl (C=O) groups excluding carboxylic acids is 1. The first-order chi connectivity index (χ1) is 14.6. The van der Waals surface area contributed by atoms with Gasteiger partial charge in [-0.15, -0.1) is 11.3 Å². The molecule has 0 aliphatic carbocycles. The number of esters is 1. The second-order valence-corrected chi connectivity index (χ2v) is 8.04. The van der Waals surface area contributed by atoms with E-state index in [-0.39, 0.29) is 17.6 Å². The van der Waals surface area contributed by atoms with Gasteiger partial charge >= 0.3 is 5.97 Å². The molecule has 2 heterocycles. The third-order valence-corrected chi connectivity index (χ3v) is 5.85. The van der Waals surface area contributed by atoms with Crippen molar-refractivity contribution in [2.45, 2.75) is 32.9 Å². The molecule has 1 aliphatic heterocycles. The molecule has 0 amide bonds. The molecule has 30 heavy (non-hydrogen) atoms. The van der Waals surface area contributed by atoms with Crippen molar-refractivity contribution in [3.63, 3.8) is 0 Å². The van der Waals surface area contributed by atoms with Gasteiger partial charge in [0.05, 0.1) is 30.5 Å². The lowest BCUT2D eigenvalue weighted by Gasteiger charge is -2.33. The average Bonchev–Trinajstić information content (AvgIpc) is 3.28. The first-order valence-corrected chi connectivity index (χ1v) is 10.9. The highest BCUT2D eigenvalue weighted by Crippen LogP contribution is 2.20. The average molecular weight is 431 g/mol. The van der Waals surface area contributed by atoms with Crippen LogP contribution in [0.1, 0.15) is 30.2 Å². The number of rotatable bonds is 7. The number of non-ortho nitro benzene ring substituents is 1. The maximum Gasteiger partial charge on any atom is 0.309 e. The Morgan fingerprint density at radius 3 is 2.63 bits per heavy atom. The van der Waals surface area contributed by atoms with Gasteiger partial charge < -0.3 is 15.0 Å². The van der Waals surface area contributed by atoms with Crippen LogP contribution in [0, 0.1) is 16.0 Å². The summed E-state index contributed by atoms with van der Waals surface area (Å²) >= 11 is 1.68. The van der Waals surface area contributed by atoms with Crippen LogP contribution in [0.3, 0.4) is 0 Å². The fourth-order valence-electron chi connectivity index (χ4n) is 3.32. The largest absolute Gasteiger partial charge is 0.466 e. The van der Waals surface area contributed by atoms with Crippen molar-refractivity contribution in [3.8, 4) is 0 Å². The van der Waals surface area contributed by atoms with E-state index in [9.17, 15) is 14.9 Å². The second-order valence-electron chi connectivity index (χ2n) is 7.01. The smallest absolute Gasteiger partial charge is 0.309 e. The van der Waals surface area contributed by atoms with E-state index in [0.717, 1.165) is 37.5 Å². The predicted octanol–water partition coefficient (Wildman–Crippen LogP) is 3.58. The van der Waals surface area contributed by atoms with Gasteiger partial charge in [-0.2, -0.15) is 0 Å². The quantitative estimate of drug-likeness (QED) is 0.237. The van der Waals surface area contributed by atoms with Crippen molar-refractivity contribution < 1.29 is 14.5 Å². The molecule has 8 nitrogen and oxygen atoms in total. The van der Waals surface area contributed by atoms with Gasteiger partial charge in [0, 0.05) is 30.1 Å². The van der Waals surface area contributed by atoms with Crippen LogP contribution in [0.4, 0.5) is 5.69 Å². The molecule has 160 valence electrons. The monoisotopic (exact) mass is 430 g/mol. The van der Waals surface area contributed by atoms with Crippen molar-refractivity contribution in [1.29, 1.82) is 0 Å². The zero-order valence-corrected chi connectivity index (χ0v) is 17.8. The minimum atomic E-state index is -0.408. The Balaban J connectivity index is 1.66. The number of hydrogen-bond donors (Lipinski definition) is 1. The molecule has 1 N–H and O–H groups in total. The number of guanidine groups is 1. The Kier molecular flexibility index (Phi) is 7.78. The van der Waals surface area contributed by atoms with Gasteiger partial charge in [0.15, 0.2) is 5.96 Å². The Morgan fingerprint density at radius 2 is 2.03 bits per heavy atom. The number of nitro benzene ring substituents is 1. The number of nitro groups is 1. The Bertz CT molecular complexity index is 860. The first kappa shape index (κ1) is 21.8. The van der Waals surface area contributed by atoms with Crippen LogP contribution >= 0.6 is 11.3 Å². The molecule has 0 unspecified atom stereocenters. The minimum absolute atomic E-state index is 0.0607. The van der Waals surface area contributed by atoms with Crippen LogP contribution in [0.5, 0.6) is 0 Å². The molecule has 0 atom stereocenters. The van der Waals surface area contributed by atoms with Crippen LogP contribution in [-0.2, 0) is 22.6 Å². The molecule has 1 aliphatic rings. The number of nitrogens with zero attached hydrogens (tertiary/aromatic N) is 3. The predicted molar refractivity (Wildman–Crippen MR) is 116 cm³/mol. The van der Waals surface area contributed by atoms with E-state index in [1.165, 1.54) is 17.0 Å². The number of aliphatic imine (C=N–C) groups is 1. The van der Waals surface area contributed by atoms with Crippen LogP contribution in [0.2, 0.25) is 0 Å². The van der Waals surface area contributed by atoms with E-state index in [1.807, 2.05) is 18.4 Å². The summed E-state index contributed by atoms with van der Waals surface area (Å²) in [6, 6.07) is 10.5. The number of hydrogen-bond acceptors (Lipinski definition) is 6. The SMILES string of the molecule is CCOC(=O)C1CCN(C(=NCc2ccc([N+](=O)[O-])cc2)NCc2cccs2)CC1. The van der Waals surface area contributed by atoms with E-state index in [2.05, 4.69) is 16.3 Å². The van der Waals surface area contributed by atoms with Gasteiger partial charge in [0.1, 0.15) is 0 Å². The van der Waals surface area contributed by atoms with E-state index in [0.29, 0.717) is 19.7 Å². The normalized spacial score (nSPS) is 15.1. The lowest BCUT2D eigenvalue weighted by atomic mass is 9.97. The van der Waals surface area contributed by atoms with Crippen molar-refractivity contribution in [1.82, 2.24) is 10.2 Å². The topological polar surface area (TPSA) is 97.1 Å². The van der Waals surface area contributed by atoms with Crippen molar-refractivity contribution in [2.75, 3.05) is 19.7 Å². The molecule has 0 radical (unpaired) electrons. The third-order valence-electron chi connectivity index (χ3n) is 4.97. The maximum absolute atomic E-state index is 12.0. The molecule has 0 spiro atoms. The fourth-order valence-corrected chi connectivity index (χ4v) is 3.97. The molecular formula is C21H26N4O4S. The number of likely N-dealkylation sites (tertiary alicyclic amines) is 1. The molecule has 1 aromatic heterocycles. The molecule has 0 saturated carbocycles. The first-order valence-electron chi connectivity index (χ1n) is 10.0. The third kappa shape index (κ3) is 6.03. The van der Waals surface area contributed by atoms with Gasteiger partial charge in [-0.05, 0) is 36.8 Å². The van der Waals surface area contributed by atoms with Gasteiger partial charge in [0.2, 0.25) is 0 Å². The molecule has 2 aromatic rings. The second kappa shape index (κ2) is 10.7. The van der Waals surface area contributed by atoms with Crippen molar-refractivity contribution >= 4 is 29.0 Å². The lowest BCUT2D eigenvalue weighted by molar-refractivity contribution is -0.384. The zero-order chi connectivity index (χ0) is 21.3. The van der Waals surface area contributed by atoms with Crippen LogP contribution in [-0.4, -0.2) is 41.4 Å². The molecule has 1 saturated heterocycles. The zero-order valence-electron chi connectivity index (χ0n) is 17.0. The number of nitrogens with one attached hydrogen (secondary N) is 1.